The van der Waals surface area contributed by atoms with Gasteiger partial charge in [0.15, 0.2) is 0 Å². The summed E-state index contributed by atoms with van der Waals surface area (Å²) in [5.74, 6) is 0.915. The van der Waals surface area contributed by atoms with Crippen LogP contribution < -0.4 is 15.4 Å². The number of hydrogen-bond acceptors (Lipinski definition) is 6. The van der Waals surface area contributed by atoms with E-state index in [-0.39, 0.29) is 5.82 Å². The molecule has 30 heavy (non-hydrogen) atoms. The predicted molar refractivity (Wildman–Crippen MR) is 119 cm³/mol. The molecule has 0 amide bonds. The number of carbonyl (C=O) groups excluding carboxylic acids is 1. The van der Waals surface area contributed by atoms with Gasteiger partial charge in [0.2, 0.25) is 0 Å². The van der Waals surface area contributed by atoms with Gasteiger partial charge in [-0.25, -0.2) is 4.39 Å². The molecular formula is C23H27FN4O2. The summed E-state index contributed by atoms with van der Waals surface area (Å²) in [6.45, 7) is 8.64. The molecule has 7 heteroatoms. The fraction of sp³-hybridized carbons (Fsp3) is 0.217. The standard InChI is InChI=1S/C23H27FN4O2/c1-5-30-23-9-7-6-8-22(23)25-16-21(14-15-29)26-18(3)28(4)27-17(2)19-10-12-20(24)13-11-19/h6-15,25-26H,3,5,16H2,1-2,4H3/b21-14-,27-17+. The highest BCUT2D eigenvalue weighted by molar-refractivity contribution is 5.98. The largest absolute Gasteiger partial charge is 0.492 e. The number of allylic oxidation sites excluding steroid dienone is 1. The summed E-state index contributed by atoms with van der Waals surface area (Å²) in [7, 11) is 1.73. The first-order valence-electron chi connectivity index (χ1n) is 9.55. The van der Waals surface area contributed by atoms with Crippen molar-refractivity contribution in [3.8, 4) is 5.75 Å². The monoisotopic (exact) mass is 410 g/mol. The Morgan fingerprint density at radius 2 is 1.93 bits per heavy atom. The molecule has 0 fully saturated rings. The molecule has 158 valence electrons. The second-order valence-corrected chi connectivity index (χ2v) is 6.40. The van der Waals surface area contributed by atoms with Crippen LogP contribution in [0, 0.1) is 5.82 Å². The van der Waals surface area contributed by atoms with Crippen LogP contribution >= 0.6 is 0 Å². The number of nitrogens with zero attached hydrogens (tertiary/aromatic N) is 2. The Morgan fingerprint density at radius 1 is 1.23 bits per heavy atom. The third kappa shape index (κ3) is 6.77. The Morgan fingerprint density at radius 3 is 2.60 bits per heavy atom. The number of rotatable bonds is 11. The Balaban J connectivity index is 2.02. The molecule has 0 spiro atoms. The molecule has 2 N–H and O–H groups in total. The van der Waals surface area contributed by atoms with Gasteiger partial charge in [-0.05, 0) is 49.8 Å². The van der Waals surface area contributed by atoms with Gasteiger partial charge in [-0.1, -0.05) is 30.8 Å². The lowest BCUT2D eigenvalue weighted by molar-refractivity contribution is -0.104. The zero-order valence-electron chi connectivity index (χ0n) is 17.5. The molecule has 0 saturated heterocycles. The van der Waals surface area contributed by atoms with E-state index < -0.39 is 0 Å². The van der Waals surface area contributed by atoms with Gasteiger partial charge in [-0.15, -0.1) is 0 Å². The first-order valence-corrected chi connectivity index (χ1v) is 9.55. The predicted octanol–water partition coefficient (Wildman–Crippen LogP) is 4.14. The minimum absolute atomic E-state index is 0.298. The van der Waals surface area contributed by atoms with E-state index in [0.717, 1.165) is 17.0 Å². The normalized spacial score (nSPS) is 11.6. The quantitative estimate of drug-likeness (QED) is 0.252. The van der Waals surface area contributed by atoms with E-state index in [9.17, 15) is 9.18 Å². The number of hydrazone groups is 1. The lowest BCUT2D eigenvalue weighted by Crippen LogP contribution is -2.27. The number of benzene rings is 2. The molecule has 6 nitrogen and oxygen atoms in total. The summed E-state index contributed by atoms with van der Waals surface area (Å²) < 4.78 is 18.7. The van der Waals surface area contributed by atoms with Crippen LogP contribution in [0.4, 0.5) is 10.1 Å². The molecular weight excluding hydrogens is 383 g/mol. The Hall–Kier alpha value is -3.61. The van der Waals surface area contributed by atoms with Crippen LogP contribution in [0.3, 0.4) is 0 Å². The van der Waals surface area contributed by atoms with Crippen LogP contribution in [0.2, 0.25) is 0 Å². The van der Waals surface area contributed by atoms with E-state index in [1.165, 1.54) is 18.2 Å². The number of nitrogens with one attached hydrogen (secondary N) is 2. The van der Waals surface area contributed by atoms with Gasteiger partial charge in [0.1, 0.15) is 23.7 Å². The van der Waals surface area contributed by atoms with Crippen molar-refractivity contribution in [2.75, 3.05) is 25.5 Å². The average molecular weight is 410 g/mol. The number of carbonyl (C=O) groups is 1. The Kier molecular flexibility index (Phi) is 8.62. The summed E-state index contributed by atoms with van der Waals surface area (Å²) in [5, 5.41) is 12.4. The molecule has 0 saturated carbocycles. The highest BCUT2D eigenvalue weighted by Gasteiger charge is 2.07. The highest BCUT2D eigenvalue weighted by Crippen LogP contribution is 2.23. The van der Waals surface area contributed by atoms with E-state index in [4.69, 9.17) is 4.74 Å². The second kappa shape index (κ2) is 11.4. The van der Waals surface area contributed by atoms with Gasteiger partial charge in [-0.2, -0.15) is 5.10 Å². The molecule has 0 aliphatic carbocycles. The fourth-order valence-corrected chi connectivity index (χ4v) is 2.61. The van der Waals surface area contributed by atoms with E-state index in [1.54, 1.807) is 24.2 Å². The molecule has 0 aliphatic rings. The van der Waals surface area contributed by atoms with Crippen molar-refractivity contribution >= 4 is 17.7 Å². The van der Waals surface area contributed by atoms with Crippen molar-refractivity contribution in [3.05, 3.63) is 84.1 Å². The molecule has 0 bridgehead atoms. The summed E-state index contributed by atoms with van der Waals surface area (Å²) in [6.07, 6.45) is 2.13. The maximum atomic E-state index is 13.1. The van der Waals surface area contributed by atoms with Crippen molar-refractivity contribution in [1.29, 1.82) is 0 Å². The first kappa shape index (κ1) is 22.7. The smallest absolute Gasteiger partial charge is 0.144 e. The maximum absolute atomic E-state index is 13.1. The zero-order valence-corrected chi connectivity index (χ0v) is 17.5. The van der Waals surface area contributed by atoms with Gasteiger partial charge in [-0.3, -0.25) is 9.80 Å². The van der Waals surface area contributed by atoms with Gasteiger partial charge in [0.25, 0.3) is 0 Å². The fourth-order valence-electron chi connectivity index (χ4n) is 2.61. The van der Waals surface area contributed by atoms with Crippen molar-refractivity contribution in [3.63, 3.8) is 0 Å². The lowest BCUT2D eigenvalue weighted by atomic mass is 10.1. The molecule has 0 heterocycles. The molecule has 2 aromatic rings. The molecule has 0 unspecified atom stereocenters. The Bertz CT molecular complexity index is 923. The molecule has 0 atom stereocenters. The van der Waals surface area contributed by atoms with Gasteiger partial charge in [0.05, 0.1) is 24.6 Å². The van der Waals surface area contributed by atoms with Crippen LogP contribution in [-0.2, 0) is 4.79 Å². The minimum atomic E-state index is -0.298. The summed E-state index contributed by atoms with van der Waals surface area (Å²) in [5.41, 5.74) is 2.93. The van der Waals surface area contributed by atoms with E-state index in [2.05, 4.69) is 22.3 Å². The molecule has 0 aromatic heterocycles. The van der Waals surface area contributed by atoms with E-state index >= 15 is 0 Å². The van der Waals surface area contributed by atoms with E-state index in [1.807, 2.05) is 38.1 Å². The van der Waals surface area contributed by atoms with Crippen LogP contribution in [0.1, 0.15) is 19.4 Å². The van der Waals surface area contributed by atoms with Crippen molar-refractivity contribution in [2.24, 2.45) is 5.10 Å². The SMILES string of the molecule is C=C(N/C(=C\C=O)CNc1ccccc1OCC)N(C)/N=C(\C)c1ccc(F)cc1. The number of halogens is 1. The van der Waals surface area contributed by atoms with Crippen LogP contribution in [0.25, 0.3) is 0 Å². The average Bonchev–Trinajstić information content (AvgIpc) is 2.73. The summed E-state index contributed by atoms with van der Waals surface area (Å²) >= 11 is 0. The lowest BCUT2D eigenvalue weighted by Gasteiger charge is -2.21. The number of hydrogen-bond donors (Lipinski definition) is 2. The maximum Gasteiger partial charge on any atom is 0.144 e. The number of aldehydes is 1. The molecule has 0 radical (unpaired) electrons. The highest BCUT2D eigenvalue weighted by atomic mass is 19.1. The molecule has 0 aliphatic heterocycles. The third-order valence-electron chi connectivity index (χ3n) is 4.18. The van der Waals surface area contributed by atoms with Crippen LogP contribution in [-0.4, -0.2) is 37.2 Å². The number of ether oxygens (including phenoxy) is 1. The molecule has 2 aromatic carbocycles. The van der Waals surface area contributed by atoms with Crippen molar-refractivity contribution < 1.29 is 13.9 Å². The summed E-state index contributed by atoms with van der Waals surface area (Å²) in [6, 6.07) is 13.7. The van der Waals surface area contributed by atoms with Crippen molar-refractivity contribution in [1.82, 2.24) is 10.3 Å². The number of anilines is 1. The topological polar surface area (TPSA) is 66.0 Å². The minimum Gasteiger partial charge on any atom is -0.492 e. The first-order chi connectivity index (χ1) is 14.4. The van der Waals surface area contributed by atoms with Crippen molar-refractivity contribution in [2.45, 2.75) is 13.8 Å². The summed E-state index contributed by atoms with van der Waals surface area (Å²) in [4.78, 5) is 11.1. The third-order valence-corrected chi connectivity index (χ3v) is 4.18. The number of para-hydroxylation sites is 2. The second-order valence-electron chi connectivity index (χ2n) is 6.40. The van der Waals surface area contributed by atoms with E-state index in [0.29, 0.717) is 36.7 Å². The van der Waals surface area contributed by atoms with Crippen LogP contribution in [0.5, 0.6) is 5.75 Å². The van der Waals surface area contributed by atoms with Gasteiger partial charge < -0.3 is 15.4 Å². The van der Waals surface area contributed by atoms with Crippen LogP contribution in [0.15, 0.2) is 77.8 Å². The van der Waals surface area contributed by atoms with Gasteiger partial charge in [0, 0.05) is 12.7 Å². The zero-order chi connectivity index (χ0) is 21.9. The Labute approximate surface area is 176 Å². The van der Waals surface area contributed by atoms with Gasteiger partial charge >= 0.3 is 0 Å². The molecule has 2 rings (SSSR count).